The van der Waals surface area contributed by atoms with Crippen LogP contribution in [0.25, 0.3) is 0 Å². The number of allylic oxidation sites excluding steroid dienone is 2. The fourth-order valence-corrected chi connectivity index (χ4v) is 4.06. The summed E-state index contributed by atoms with van der Waals surface area (Å²) in [5, 5.41) is 3.60. The van der Waals surface area contributed by atoms with Crippen molar-refractivity contribution in [3.05, 3.63) is 69.7 Å². The number of benzene rings is 2. The molecule has 2 aliphatic rings. The van der Waals surface area contributed by atoms with E-state index in [0.29, 0.717) is 40.1 Å². The molecule has 1 saturated heterocycles. The molecule has 1 N–H and O–H groups in total. The van der Waals surface area contributed by atoms with Crippen LogP contribution in [0, 0.1) is 0 Å². The number of carbonyl (C=O) groups is 2. The van der Waals surface area contributed by atoms with Crippen molar-refractivity contribution < 1.29 is 14.3 Å². The third kappa shape index (κ3) is 8.38. The fourth-order valence-electron chi connectivity index (χ4n) is 3.55. The van der Waals surface area contributed by atoms with Gasteiger partial charge in [-0.2, -0.15) is 0 Å². The predicted octanol–water partition coefficient (Wildman–Crippen LogP) is 7.77. The van der Waals surface area contributed by atoms with E-state index in [9.17, 15) is 9.59 Å². The molecule has 1 atom stereocenters. The molecule has 0 saturated carbocycles. The topological polar surface area (TPSA) is 58.6 Å². The summed E-state index contributed by atoms with van der Waals surface area (Å²) in [5.41, 5.74) is 2.75. The van der Waals surface area contributed by atoms with Crippen molar-refractivity contribution >= 4 is 46.3 Å². The molecule has 4 rings (SSSR count). The molecule has 2 aromatic rings. The van der Waals surface area contributed by atoms with Gasteiger partial charge in [0, 0.05) is 41.3 Å². The molecule has 35 heavy (non-hydrogen) atoms. The van der Waals surface area contributed by atoms with Gasteiger partial charge in [0.2, 0.25) is 5.91 Å². The Morgan fingerprint density at radius 3 is 2.06 bits per heavy atom. The third-order valence-corrected chi connectivity index (χ3v) is 5.99. The number of carbonyl (C=O) groups excluding carboxylic acids is 2. The van der Waals surface area contributed by atoms with Gasteiger partial charge in [-0.25, -0.2) is 0 Å². The summed E-state index contributed by atoms with van der Waals surface area (Å²) in [6.45, 7) is 15.1. The van der Waals surface area contributed by atoms with Crippen LogP contribution in [-0.2, 0) is 9.53 Å². The van der Waals surface area contributed by atoms with Crippen LogP contribution in [0.1, 0.15) is 69.8 Å². The van der Waals surface area contributed by atoms with E-state index in [2.05, 4.69) is 10.2 Å². The minimum Gasteiger partial charge on any atom is -0.378 e. The second-order valence-electron chi connectivity index (χ2n) is 7.30. The Hall–Kier alpha value is -2.34. The average Bonchev–Trinajstić information content (AvgIpc) is 3.26. The summed E-state index contributed by atoms with van der Waals surface area (Å²) >= 11 is 12.4. The number of ether oxygens (including phenoxy) is 1. The van der Waals surface area contributed by atoms with Crippen LogP contribution in [0.3, 0.4) is 0 Å². The van der Waals surface area contributed by atoms with Crippen molar-refractivity contribution in [2.24, 2.45) is 0 Å². The van der Waals surface area contributed by atoms with Crippen molar-refractivity contribution in [2.75, 3.05) is 36.5 Å². The van der Waals surface area contributed by atoms with Crippen LogP contribution >= 0.6 is 23.2 Å². The lowest BCUT2D eigenvalue weighted by Gasteiger charge is -2.28. The molecule has 2 heterocycles. The summed E-state index contributed by atoms with van der Waals surface area (Å²) in [5.74, 6) is -0.983. The van der Waals surface area contributed by atoms with E-state index in [1.165, 1.54) is 0 Å². The molecule has 0 aromatic heterocycles. The largest absolute Gasteiger partial charge is 0.378 e. The van der Waals surface area contributed by atoms with Crippen molar-refractivity contribution in [3.8, 4) is 0 Å². The van der Waals surface area contributed by atoms with Crippen LogP contribution < -0.4 is 10.2 Å². The van der Waals surface area contributed by atoms with Crippen LogP contribution in [0.2, 0.25) is 10.0 Å². The first-order valence-electron chi connectivity index (χ1n) is 12.3. The number of nitrogens with one attached hydrogen (secondary N) is 1. The van der Waals surface area contributed by atoms with E-state index in [4.69, 9.17) is 27.9 Å². The average molecular weight is 522 g/mol. The second-order valence-corrected chi connectivity index (χ2v) is 8.11. The van der Waals surface area contributed by atoms with E-state index in [1.807, 2.05) is 65.8 Å². The van der Waals surface area contributed by atoms with Gasteiger partial charge >= 0.3 is 0 Å². The molecule has 1 fully saturated rings. The third-order valence-electron chi connectivity index (χ3n) is 5.34. The normalized spacial score (nSPS) is 16.1. The summed E-state index contributed by atoms with van der Waals surface area (Å²) in [6, 6.07) is 10.8. The Kier molecular flexibility index (Phi) is 14.3. The van der Waals surface area contributed by atoms with E-state index in [-0.39, 0.29) is 18.1 Å². The van der Waals surface area contributed by atoms with Crippen LogP contribution in [0.5, 0.6) is 0 Å². The van der Waals surface area contributed by atoms with Crippen molar-refractivity contribution in [1.29, 1.82) is 0 Å². The number of nitrogens with zero attached hydrogens (tertiary/aromatic N) is 1. The van der Waals surface area contributed by atoms with Crippen LogP contribution in [0.15, 0.2) is 48.6 Å². The number of ketones is 1. The standard InChI is InChI=1S/C20H18Cl2N2O3.C4H8.2C2H6/c21-15-5-6-16(22)19-18(15)14(20(26)23-19)11-17(25)12-1-3-13(4-2-12)24-7-9-27-10-8-24;1-3-4-2;2*1-2/h1-6,14H,7-11H2,(H,23,26);3-4H,1-2H3;2*1-2H3/b;4-3-;;. The number of hydrogen-bond donors (Lipinski definition) is 1. The van der Waals surface area contributed by atoms with Gasteiger partial charge in [0.25, 0.3) is 0 Å². The molecule has 2 aromatic carbocycles. The summed E-state index contributed by atoms with van der Waals surface area (Å²) < 4.78 is 5.36. The Balaban J connectivity index is 0.000000684. The molecule has 5 nitrogen and oxygen atoms in total. The van der Waals surface area contributed by atoms with Crippen molar-refractivity contribution in [2.45, 2.75) is 53.9 Å². The number of hydrogen-bond acceptors (Lipinski definition) is 4. The maximum atomic E-state index is 12.8. The summed E-state index contributed by atoms with van der Waals surface area (Å²) in [4.78, 5) is 27.3. The van der Waals surface area contributed by atoms with E-state index >= 15 is 0 Å². The summed E-state index contributed by atoms with van der Waals surface area (Å²) in [6.07, 6.45) is 4.05. The molecule has 2 aliphatic heterocycles. The first-order valence-corrected chi connectivity index (χ1v) is 13.0. The fraction of sp³-hybridized carbons (Fsp3) is 0.429. The molecule has 0 aliphatic carbocycles. The zero-order valence-corrected chi connectivity index (χ0v) is 23.2. The van der Waals surface area contributed by atoms with Crippen molar-refractivity contribution in [1.82, 2.24) is 0 Å². The molecule has 192 valence electrons. The first kappa shape index (κ1) is 30.7. The van der Waals surface area contributed by atoms with Gasteiger partial charge in [-0.15, -0.1) is 0 Å². The number of anilines is 2. The number of amides is 1. The Morgan fingerprint density at radius 2 is 1.51 bits per heavy atom. The van der Waals surface area contributed by atoms with Gasteiger partial charge in [0.15, 0.2) is 5.78 Å². The number of morpholine rings is 1. The monoisotopic (exact) mass is 520 g/mol. The summed E-state index contributed by atoms with van der Waals surface area (Å²) in [7, 11) is 0. The number of rotatable bonds is 4. The highest BCUT2D eigenvalue weighted by molar-refractivity contribution is 6.38. The van der Waals surface area contributed by atoms with Crippen LogP contribution in [0.4, 0.5) is 11.4 Å². The van der Waals surface area contributed by atoms with Gasteiger partial charge in [0.1, 0.15) is 0 Å². The second kappa shape index (κ2) is 16.4. The van der Waals surface area contributed by atoms with Crippen LogP contribution in [-0.4, -0.2) is 38.0 Å². The number of fused-ring (bicyclic) bond motifs is 1. The molecule has 7 heteroatoms. The minimum absolute atomic E-state index is 0.0514. The highest BCUT2D eigenvalue weighted by Crippen LogP contribution is 2.43. The van der Waals surface area contributed by atoms with Gasteiger partial charge in [-0.3, -0.25) is 9.59 Å². The van der Waals surface area contributed by atoms with Gasteiger partial charge in [-0.1, -0.05) is 63.0 Å². The SMILES string of the molecule is C/C=C\C.CC.CC.O=C(CC1C(=O)Nc2c(Cl)ccc(Cl)c21)c1ccc(N2CCOCC2)cc1. The van der Waals surface area contributed by atoms with Gasteiger partial charge < -0.3 is 15.0 Å². The lowest BCUT2D eigenvalue weighted by molar-refractivity contribution is -0.117. The van der Waals surface area contributed by atoms with Crippen molar-refractivity contribution in [3.63, 3.8) is 0 Å². The Bertz CT molecular complexity index is 965. The highest BCUT2D eigenvalue weighted by Gasteiger charge is 2.35. The highest BCUT2D eigenvalue weighted by atomic mass is 35.5. The van der Waals surface area contributed by atoms with E-state index < -0.39 is 5.92 Å². The molecule has 1 amide bonds. The van der Waals surface area contributed by atoms with E-state index in [1.54, 1.807) is 24.3 Å². The molecule has 0 spiro atoms. The molecule has 0 bridgehead atoms. The molecular weight excluding hydrogens is 483 g/mol. The molecule has 1 unspecified atom stereocenters. The smallest absolute Gasteiger partial charge is 0.232 e. The maximum Gasteiger partial charge on any atom is 0.232 e. The lowest BCUT2D eigenvalue weighted by atomic mass is 9.92. The van der Waals surface area contributed by atoms with E-state index in [0.717, 1.165) is 18.8 Å². The minimum atomic E-state index is -0.627. The number of halogens is 2. The predicted molar refractivity (Wildman–Crippen MR) is 149 cm³/mol. The Morgan fingerprint density at radius 1 is 0.971 bits per heavy atom. The zero-order chi connectivity index (χ0) is 26.4. The lowest BCUT2D eigenvalue weighted by Crippen LogP contribution is -2.36. The zero-order valence-electron chi connectivity index (χ0n) is 21.7. The quantitative estimate of drug-likeness (QED) is 0.330. The molecule has 0 radical (unpaired) electrons. The van der Waals surface area contributed by atoms with Gasteiger partial charge in [0.05, 0.1) is 29.8 Å². The maximum absolute atomic E-state index is 12.8. The Labute approximate surface area is 220 Å². The first-order chi connectivity index (χ1) is 17.0. The number of Topliss-reactive ketones (excluding diaryl/α,β-unsaturated/α-hetero) is 1. The van der Waals surface area contributed by atoms with Gasteiger partial charge in [-0.05, 0) is 50.2 Å². The molecular formula is C28H38Cl2N2O3.